The van der Waals surface area contributed by atoms with Crippen LogP contribution < -0.4 is 5.32 Å². The van der Waals surface area contributed by atoms with Crippen LogP contribution in [0.3, 0.4) is 0 Å². The van der Waals surface area contributed by atoms with E-state index in [1.807, 2.05) is 13.1 Å². The van der Waals surface area contributed by atoms with Crippen LogP contribution in [-0.4, -0.2) is 44.0 Å². The second kappa shape index (κ2) is 4.94. The molecule has 80 valence electrons. The van der Waals surface area contributed by atoms with Gasteiger partial charge in [0.1, 0.15) is 5.84 Å². The summed E-state index contributed by atoms with van der Waals surface area (Å²) in [5.74, 6) is 1.11. The minimum Gasteiger partial charge on any atom is -0.354 e. The van der Waals surface area contributed by atoms with Crippen molar-refractivity contribution >= 4 is 5.84 Å². The first-order chi connectivity index (χ1) is 7.42. The molecule has 1 heterocycles. The number of nitrogens with one attached hydrogen (secondary N) is 1. The molecule has 0 radical (unpaired) electrons. The van der Waals surface area contributed by atoms with Crippen LogP contribution in [0.15, 0.2) is 35.3 Å². The van der Waals surface area contributed by atoms with Gasteiger partial charge in [0.2, 0.25) is 0 Å². The van der Waals surface area contributed by atoms with Crippen molar-refractivity contribution in [3.63, 3.8) is 0 Å². The lowest BCUT2D eigenvalue weighted by Crippen LogP contribution is -2.46. The van der Waals surface area contributed by atoms with Gasteiger partial charge in [-0.15, -0.1) is 0 Å². The number of amidine groups is 1. The van der Waals surface area contributed by atoms with Gasteiger partial charge in [-0.3, -0.25) is 4.99 Å². The average Bonchev–Trinajstić information content (AvgIpc) is 2.33. The van der Waals surface area contributed by atoms with E-state index in [0.717, 1.165) is 32.0 Å². The number of hydrogen-bond donors (Lipinski definition) is 1. The third-order valence-corrected chi connectivity index (χ3v) is 2.66. The summed E-state index contributed by atoms with van der Waals surface area (Å²) >= 11 is 0. The van der Waals surface area contributed by atoms with Crippen LogP contribution in [0.5, 0.6) is 0 Å². The lowest BCUT2D eigenvalue weighted by molar-refractivity contribution is 0.357. The highest BCUT2D eigenvalue weighted by molar-refractivity contribution is 5.98. The summed E-state index contributed by atoms with van der Waals surface area (Å²) in [5.41, 5.74) is 1.21. The van der Waals surface area contributed by atoms with Crippen molar-refractivity contribution in [2.24, 2.45) is 4.99 Å². The van der Waals surface area contributed by atoms with Crippen LogP contribution in [0, 0.1) is 0 Å². The molecule has 3 heteroatoms. The highest BCUT2D eigenvalue weighted by Crippen LogP contribution is 2.06. The molecule has 15 heavy (non-hydrogen) atoms. The zero-order chi connectivity index (χ0) is 10.5. The van der Waals surface area contributed by atoms with Gasteiger partial charge in [0.25, 0.3) is 0 Å². The van der Waals surface area contributed by atoms with E-state index in [9.17, 15) is 0 Å². The molecule has 3 nitrogen and oxygen atoms in total. The molecular formula is C12H17N3. The van der Waals surface area contributed by atoms with Crippen molar-refractivity contribution in [1.82, 2.24) is 10.2 Å². The first-order valence-electron chi connectivity index (χ1n) is 5.39. The number of benzene rings is 1. The molecule has 1 saturated heterocycles. The molecule has 1 fully saturated rings. The highest BCUT2D eigenvalue weighted by Gasteiger charge is 2.14. The van der Waals surface area contributed by atoms with Crippen molar-refractivity contribution in [3.8, 4) is 0 Å². The average molecular weight is 203 g/mol. The van der Waals surface area contributed by atoms with Crippen molar-refractivity contribution in [2.75, 3.05) is 33.2 Å². The molecule has 1 aliphatic heterocycles. The van der Waals surface area contributed by atoms with E-state index in [4.69, 9.17) is 0 Å². The SMILES string of the molecule is CN=C(c1ccccc1)N1CCNCC1. The number of nitrogens with zero attached hydrogens (tertiary/aromatic N) is 2. The molecule has 0 bridgehead atoms. The molecule has 1 aromatic rings. The van der Waals surface area contributed by atoms with Crippen LogP contribution in [0.4, 0.5) is 0 Å². The number of hydrogen-bond acceptors (Lipinski definition) is 2. The van der Waals surface area contributed by atoms with E-state index in [1.165, 1.54) is 5.56 Å². The quantitative estimate of drug-likeness (QED) is 0.544. The molecule has 1 aliphatic rings. The summed E-state index contributed by atoms with van der Waals surface area (Å²) in [6, 6.07) is 10.4. The molecule has 0 amide bonds. The molecule has 1 aromatic carbocycles. The molecule has 0 aliphatic carbocycles. The fourth-order valence-electron chi connectivity index (χ4n) is 1.92. The topological polar surface area (TPSA) is 27.6 Å². The zero-order valence-electron chi connectivity index (χ0n) is 9.11. The first kappa shape index (κ1) is 10.2. The first-order valence-corrected chi connectivity index (χ1v) is 5.39. The Morgan fingerprint density at radius 2 is 1.87 bits per heavy atom. The van der Waals surface area contributed by atoms with Crippen LogP contribution in [0.25, 0.3) is 0 Å². The molecule has 0 spiro atoms. The minimum atomic E-state index is 1.04. The number of piperazine rings is 1. The second-order valence-corrected chi connectivity index (χ2v) is 3.65. The molecule has 2 rings (SSSR count). The van der Waals surface area contributed by atoms with Gasteiger partial charge >= 0.3 is 0 Å². The zero-order valence-corrected chi connectivity index (χ0v) is 9.11. The van der Waals surface area contributed by atoms with E-state index in [-0.39, 0.29) is 0 Å². The Balaban J connectivity index is 2.17. The Kier molecular flexibility index (Phi) is 3.35. The summed E-state index contributed by atoms with van der Waals surface area (Å²) in [7, 11) is 1.87. The Morgan fingerprint density at radius 1 is 1.20 bits per heavy atom. The largest absolute Gasteiger partial charge is 0.354 e. The van der Waals surface area contributed by atoms with E-state index in [2.05, 4.69) is 39.5 Å². The van der Waals surface area contributed by atoms with E-state index in [0.29, 0.717) is 0 Å². The van der Waals surface area contributed by atoms with E-state index in [1.54, 1.807) is 0 Å². The van der Waals surface area contributed by atoms with Gasteiger partial charge in [0.05, 0.1) is 0 Å². The molecule has 0 saturated carbocycles. The van der Waals surface area contributed by atoms with Gasteiger partial charge < -0.3 is 10.2 Å². The fraction of sp³-hybridized carbons (Fsp3) is 0.417. The van der Waals surface area contributed by atoms with Crippen molar-refractivity contribution in [2.45, 2.75) is 0 Å². The lowest BCUT2D eigenvalue weighted by atomic mass is 10.2. The van der Waals surface area contributed by atoms with Crippen molar-refractivity contribution < 1.29 is 0 Å². The van der Waals surface area contributed by atoms with Crippen LogP contribution in [0.1, 0.15) is 5.56 Å². The predicted molar refractivity (Wildman–Crippen MR) is 63.3 cm³/mol. The summed E-state index contributed by atoms with van der Waals surface area (Å²) in [5, 5.41) is 3.35. The molecule has 0 aromatic heterocycles. The smallest absolute Gasteiger partial charge is 0.130 e. The maximum atomic E-state index is 4.40. The summed E-state index contributed by atoms with van der Waals surface area (Å²) < 4.78 is 0. The highest BCUT2D eigenvalue weighted by atomic mass is 15.2. The number of rotatable bonds is 1. The normalized spacial score (nSPS) is 17.9. The Bertz CT molecular complexity index is 326. The lowest BCUT2D eigenvalue weighted by Gasteiger charge is -2.30. The van der Waals surface area contributed by atoms with Gasteiger partial charge in [0, 0.05) is 38.8 Å². The molecular weight excluding hydrogens is 186 g/mol. The van der Waals surface area contributed by atoms with Gasteiger partial charge in [-0.05, 0) is 0 Å². The van der Waals surface area contributed by atoms with Crippen LogP contribution in [0.2, 0.25) is 0 Å². The third-order valence-electron chi connectivity index (χ3n) is 2.66. The Hall–Kier alpha value is -1.35. The monoisotopic (exact) mass is 203 g/mol. The molecule has 0 unspecified atom stereocenters. The fourth-order valence-corrected chi connectivity index (χ4v) is 1.92. The van der Waals surface area contributed by atoms with Gasteiger partial charge in [-0.1, -0.05) is 30.3 Å². The van der Waals surface area contributed by atoms with Crippen molar-refractivity contribution in [3.05, 3.63) is 35.9 Å². The van der Waals surface area contributed by atoms with Crippen LogP contribution in [-0.2, 0) is 0 Å². The maximum absolute atomic E-state index is 4.40. The Morgan fingerprint density at radius 3 is 2.47 bits per heavy atom. The van der Waals surface area contributed by atoms with E-state index >= 15 is 0 Å². The second-order valence-electron chi connectivity index (χ2n) is 3.65. The minimum absolute atomic E-state index is 1.04. The van der Waals surface area contributed by atoms with Crippen molar-refractivity contribution in [1.29, 1.82) is 0 Å². The standard InChI is InChI=1S/C12H17N3/c1-13-12(11-5-3-2-4-6-11)15-9-7-14-8-10-15/h2-6,14H,7-10H2,1H3. The molecule has 1 N–H and O–H groups in total. The van der Waals surface area contributed by atoms with Gasteiger partial charge in [-0.25, -0.2) is 0 Å². The van der Waals surface area contributed by atoms with Crippen LogP contribution >= 0.6 is 0 Å². The summed E-state index contributed by atoms with van der Waals surface area (Å²) in [6.45, 7) is 4.18. The van der Waals surface area contributed by atoms with Gasteiger partial charge in [0.15, 0.2) is 0 Å². The Labute approximate surface area is 90.8 Å². The van der Waals surface area contributed by atoms with Gasteiger partial charge in [-0.2, -0.15) is 0 Å². The summed E-state index contributed by atoms with van der Waals surface area (Å²) in [4.78, 5) is 6.74. The third kappa shape index (κ3) is 2.36. The molecule has 0 atom stereocenters. The predicted octanol–water partition coefficient (Wildman–Crippen LogP) is 0.968. The van der Waals surface area contributed by atoms with E-state index < -0.39 is 0 Å². The maximum Gasteiger partial charge on any atom is 0.130 e. The summed E-state index contributed by atoms with van der Waals surface area (Å²) in [6.07, 6.45) is 0. The number of aliphatic imine (C=N–C) groups is 1.